The van der Waals surface area contributed by atoms with Crippen molar-refractivity contribution in [3.8, 4) is 0 Å². The number of carbonyl (C=O) groups is 7. The van der Waals surface area contributed by atoms with Gasteiger partial charge in [-0.15, -0.1) is 0 Å². The van der Waals surface area contributed by atoms with Crippen LogP contribution < -0.4 is 33.2 Å². The van der Waals surface area contributed by atoms with Crippen molar-refractivity contribution >= 4 is 41.5 Å². The van der Waals surface area contributed by atoms with Gasteiger partial charge in [-0.1, -0.05) is 30.3 Å². The van der Waals surface area contributed by atoms with Gasteiger partial charge >= 0.3 is 11.9 Å². The van der Waals surface area contributed by atoms with Crippen LogP contribution in [-0.4, -0.2) is 75.9 Å². The summed E-state index contributed by atoms with van der Waals surface area (Å²) in [5, 5.41) is 25.0. The van der Waals surface area contributed by atoms with E-state index in [9.17, 15) is 38.7 Å². The lowest BCUT2D eigenvalue weighted by Gasteiger charge is -2.25. The maximum atomic E-state index is 13.1. The fourth-order valence-electron chi connectivity index (χ4n) is 3.13. The number of nitrogens with two attached hydrogens (primary N) is 3. The number of benzene rings is 1. The molecule has 0 fully saturated rings. The van der Waals surface area contributed by atoms with Gasteiger partial charge in [0.05, 0.1) is 18.9 Å². The Morgan fingerprint density at radius 1 is 0.730 bits per heavy atom. The largest absolute Gasteiger partial charge is 0.481 e. The first-order valence-corrected chi connectivity index (χ1v) is 11.0. The molecular formula is C22H30N6O9. The Labute approximate surface area is 211 Å². The summed E-state index contributed by atoms with van der Waals surface area (Å²) >= 11 is 0. The minimum Gasteiger partial charge on any atom is -0.481 e. The SMILES string of the molecule is NC(=O)CC(N)C(=O)NC(Cc1ccccc1)C(=O)NC(CCC(=O)O)C(=O)NC(CC(N)=O)C(=O)O. The van der Waals surface area contributed by atoms with Crippen molar-refractivity contribution in [2.45, 2.75) is 56.3 Å². The number of rotatable bonds is 16. The van der Waals surface area contributed by atoms with Crippen molar-refractivity contribution in [3.05, 3.63) is 35.9 Å². The highest BCUT2D eigenvalue weighted by Crippen LogP contribution is 2.07. The highest BCUT2D eigenvalue weighted by atomic mass is 16.4. The van der Waals surface area contributed by atoms with Gasteiger partial charge in [-0.05, 0) is 12.0 Å². The Kier molecular flexibility index (Phi) is 12.2. The quantitative estimate of drug-likeness (QED) is 0.107. The highest BCUT2D eigenvalue weighted by Gasteiger charge is 2.31. The van der Waals surface area contributed by atoms with Gasteiger partial charge in [-0.25, -0.2) is 4.79 Å². The van der Waals surface area contributed by atoms with E-state index < -0.39 is 91.3 Å². The first-order valence-electron chi connectivity index (χ1n) is 11.0. The lowest BCUT2D eigenvalue weighted by molar-refractivity contribution is -0.144. The van der Waals surface area contributed by atoms with Crippen LogP contribution in [0.25, 0.3) is 0 Å². The smallest absolute Gasteiger partial charge is 0.326 e. The Bertz CT molecular complexity index is 1020. The summed E-state index contributed by atoms with van der Waals surface area (Å²) in [5.41, 5.74) is 16.3. The average molecular weight is 523 g/mol. The summed E-state index contributed by atoms with van der Waals surface area (Å²) in [7, 11) is 0. The summed E-state index contributed by atoms with van der Waals surface area (Å²) in [6.45, 7) is 0. The molecular weight excluding hydrogens is 492 g/mol. The number of aliphatic carboxylic acids is 2. The second-order valence-corrected chi connectivity index (χ2v) is 8.09. The van der Waals surface area contributed by atoms with Crippen LogP contribution in [0.5, 0.6) is 0 Å². The predicted molar refractivity (Wildman–Crippen MR) is 126 cm³/mol. The summed E-state index contributed by atoms with van der Waals surface area (Å²) in [6, 6.07) is 2.44. The zero-order valence-corrected chi connectivity index (χ0v) is 19.7. The van der Waals surface area contributed by atoms with E-state index in [1.807, 2.05) is 5.32 Å². The van der Waals surface area contributed by atoms with Crippen molar-refractivity contribution in [1.82, 2.24) is 16.0 Å². The summed E-state index contributed by atoms with van der Waals surface area (Å²) in [4.78, 5) is 82.9. The molecule has 11 N–H and O–H groups in total. The third kappa shape index (κ3) is 11.6. The van der Waals surface area contributed by atoms with Gasteiger partial charge in [0.25, 0.3) is 0 Å². The molecule has 1 rings (SSSR count). The number of carboxylic acids is 2. The molecule has 5 amide bonds. The summed E-state index contributed by atoms with van der Waals surface area (Å²) in [5.74, 6) is -7.63. The van der Waals surface area contributed by atoms with Crippen molar-refractivity contribution in [2.24, 2.45) is 17.2 Å². The monoisotopic (exact) mass is 522 g/mol. The number of amides is 5. The maximum Gasteiger partial charge on any atom is 0.326 e. The van der Waals surface area contributed by atoms with E-state index in [4.69, 9.17) is 22.3 Å². The molecule has 0 spiro atoms. The van der Waals surface area contributed by atoms with E-state index in [1.54, 1.807) is 30.3 Å². The molecule has 0 bridgehead atoms. The van der Waals surface area contributed by atoms with Gasteiger partial charge < -0.3 is 43.4 Å². The molecule has 0 aliphatic carbocycles. The van der Waals surface area contributed by atoms with Gasteiger partial charge in [0.15, 0.2) is 0 Å². The zero-order chi connectivity index (χ0) is 28.1. The fourth-order valence-corrected chi connectivity index (χ4v) is 3.13. The molecule has 1 aromatic rings. The van der Waals surface area contributed by atoms with E-state index in [1.165, 1.54) is 0 Å². The molecule has 202 valence electrons. The molecule has 0 heterocycles. The van der Waals surface area contributed by atoms with Gasteiger partial charge in [-0.2, -0.15) is 0 Å². The lowest BCUT2D eigenvalue weighted by Crippen LogP contribution is -2.58. The molecule has 0 aromatic heterocycles. The molecule has 0 aliphatic rings. The Morgan fingerprint density at radius 3 is 1.76 bits per heavy atom. The first-order chi connectivity index (χ1) is 17.3. The third-order valence-electron chi connectivity index (χ3n) is 4.97. The third-order valence-corrected chi connectivity index (χ3v) is 4.97. The molecule has 15 heteroatoms. The molecule has 37 heavy (non-hydrogen) atoms. The van der Waals surface area contributed by atoms with E-state index in [0.29, 0.717) is 5.56 Å². The van der Waals surface area contributed by atoms with Crippen LogP contribution >= 0.6 is 0 Å². The molecule has 0 aliphatic heterocycles. The Balaban J connectivity index is 3.15. The molecule has 4 atom stereocenters. The standard InChI is InChI=1S/C22H30N6O9/c23-12(9-16(24)29)19(33)27-14(8-11-4-2-1-3-5-11)21(35)26-13(6-7-18(31)32)20(34)28-15(22(36)37)10-17(25)30/h1-5,12-15H,6-10,23H2,(H2,24,29)(H2,25,30)(H,26,35)(H,27,33)(H,28,34)(H,31,32)(H,36,37). The van der Waals surface area contributed by atoms with E-state index in [0.717, 1.165) is 0 Å². The predicted octanol–water partition coefficient (Wildman–Crippen LogP) is -3.29. The van der Waals surface area contributed by atoms with Gasteiger partial charge in [0, 0.05) is 12.8 Å². The maximum absolute atomic E-state index is 13.1. The zero-order valence-electron chi connectivity index (χ0n) is 19.7. The van der Waals surface area contributed by atoms with Gasteiger partial charge in [-0.3, -0.25) is 28.8 Å². The molecule has 0 radical (unpaired) electrons. The van der Waals surface area contributed by atoms with Crippen LogP contribution in [-0.2, 0) is 40.0 Å². The highest BCUT2D eigenvalue weighted by molar-refractivity contribution is 5.95. The number of carbonyl (C=O) groups excluding carboxylic acids is 5. The van der Waals surface area contributed by atoms with Crippen LogP contribution in [0.3, 0.4) is 0 Å². The molecule has 1 aromatic carbocycles. The topological polar surface area (TPSA) is 274 Å². The molecule has 4 unspecified atom stereocenters. The minimum absolute atomic E-state index is 0.0750. The number of nitrogens with one attached hydrogen (secondary N) is 3. The van der Waals surface area contributed by atoms with Crippen LogP contribution in [0.15, 0.2) is 30.3 Å². The van der Waals surface area contributed by atoms with E-state index >= 15 is 0 Å². The Morgan fingerprint density at radius 2 is 1.24 bits per heavy atom. The van der Waals surface area contributed by atoms with E-state index in [2.05, 4.69) is 10.6 Å². The van der Waals surface area contributed by atoms with Crippen molar-refractivity contribution < 1.29 is 43.8 Å². The second kappa shape index (κ2) is 14.8. The lowest BCUT2D eigenvalue weighted by atomic mass is 10.0. The van der Waals surface area contributed by atoms with Crippen molar-refractivity contribution in [2.75, 3.05) is 0 Å². The minimum atomic E-state index is -1.72. The summed E-state index contributed by atoms with van der Waals surface area (Å²) in [6.07, 6.45) is -2.33. The average Bonchev–Trinajstić information content (AvgIpc) is 2.80. The number of hydrogen-bond donors (Lipinski definition) is 8. The van der Waals surface area contributed by atoms with Gasteiger partial charge in [0.2, 0.25) is 29.5 Å². The molecule has 0 saturated heterocycles. The molecule has 0 saturated carbocycles. The van der Waals surface area contributed by atoms with E-state index in [-0.39, 0.29) is 6.42 Å². The summed E-state index contributed by atoms with van der Waals surface area (Å²) < 4.78 is 0. The number of hydrogen-bond acceptors (Lipinski definition) is 8. The van der Waals surface area contributed by atoms with Crippen molar-refractivity contribution in [3.63, 3.8) is 0 Å². The van der Waals surface area contributed by atoms with Gasteiger partial charge in [0.1, 0.15) is 18.1 Å². The van der Waals surface area contributed by atoms with Crippen LogP contribution in [0.1, 0.15) is 31.2 Å². The normalized spacial score (nSPS) is 13.8. The second-order valence-electron chi connectivity index (χ2n) is 8.09. The first kappa shape index (κ1) is 30.5. The number of primary amides is 2. The van der Waals surface area contributed by atoms with Crippen LogP contribution in [0.2, 0.25) is 0 Å². The molecule has 15 nitrogen and oxygen atoms in total. The van der Waals surface area contributed by atoms with Crippen molar-refractivity contribution in [1.29, 1.82) is 0 Å². The number of carboxylic acid groups (broad SMARTS) is 2. The fraction of sp³-hybridized carbons (Fsp3) is 0.409. The van der Waals surface area contributed by atoms with Crippen LogP contribution in [0, 0.1) is 0 Å². The van der Waals surface area contributed by atoms with Crippen LogP contribution in [0.4, 0.5) is 0 Å². The Hall–Kier alpha value is -4.53.